The molecule has 0 amide bonds. The number of aryl methyl sites for hydroxylation is 6. The van der Waals surface area contributed by atoms with E-state index in [0.717, 1.165) is 13.8 Å². The summed E-state index contributed by atoms with van der Waals surface area (Å²) in [6.45, 7) is 15.5. The van der Waals surface area contributed by atoms with Gasteiger partial charge in [-0.1, -0.05) is 0 Å². The van der Waals surface area contributed by atoms with Crippen LogP contribution < -0.4 is 9.81 Å². The SMILES string of the molecule is CC(=O)O.CC(=O)O.Cc1cc(C)c[c]([Bi]([c]2cc(C)cc(C)c2)[c]2cc(C)cc(C)c2)c1. The fourth-order valence-electron chi connectivity index (χ4n) is 3.69. The zero-order valence-corrected chi connectivity index (χ0v) is 24.3. The van der Waals surface area contributed by atoms with Crippen molar-refractivity contribution in [1.82, 2.24) is 0 Å². The molecule has 4 nitrogen and oxygen atoms in total. The summed E-state index contributed by atoms with van der Waals surface area (Å²) < 4.78 is 4.76. The average Bonchev–Trinajstić information content (AvgIpc) is 2.58. The van der Waals surface area contributed by atoms with E-state index in [2.05, 4.69) is 96.1 Å². The van der Waals surface area contributed by atoms with Gasteiger partial charge >= 0.3 is 161 Å². The first-order chi connectivity index (χ1) is 15.3. The van der Waals surface area contributed by atoms with E-state index < -0.39 is 33.7 Å². The van der Waals surface area contributed by atoms with Crippen LogP contribution in [0.4, 0.5) is 0 Å². The predicted molar refractivity (Wildman–Crippen MR) is 139 cm³/mol. The van der Waals surface area contributed by atoms with Crippen LogP contribution in [0.3, 0.4) is 0 Å². The van der Waals surface area contributed by atoms with Crippen molar-refractivity contribution >= 4 is 43.5 Å². The molecule has 3 aromatic rings. The molecule has 0 saturated heterocycles. The van der Waals surface area contributed by atoms with Gasteiger partial charge in [-0.15, -0.1) is 0 Å². The van der Waals surface area contributed by atoms with Crippen molar-refractivity contribution in [1.29, 1.82) is 0 Å². The summed E-state index contributed by atoms with van der Waals surface area (Å²) in [4.78, 5) is 18.0. The molecular weight excluding hydrogens is 609 g/mol. The molecule has 0 aliphatic heterocycles. The minimum absolute atomic E-state index is 0.833. The monoisotopic (exact) mass is 644 g/mol. The van der Waals surface area contributed by atoms with Gasteiger partial charge in [0.25, 0.3) is 11.9 Å². The summed E-state index contributed by atoms with van der Waals surface area (Å²) in [7, 11) is 0. The van der Waals surface area contributed by atoms with E-state index in [1.165, 1.54) is 33.4 Å². The molecule has 0 heterocycles. The summed E-state index contributed by atoms with van der Waals surface area (Å²) in [5.74, 6) is -1.67. The van der Waals surface area contributed by atoms with Gasteiger partial charge in [0.05, 0.1) is 0 Å². The number of carboxylic acids is 2. The van der Waals surface area contributed by atoms with E-state index in [4.69, 9.17) is 19.8 Å². The Kier molecular flexibility index (Phi) is 11.5. The van der Waals surface area contributed by atoms with Gasteiger partial charge in [-0.2, -0.15) is 0 Å². The number of carboxylic acid groups (broad SMARTS) is 2. The van der Waals surface area contributed by atoms with Gasteiger partial charge in [0.15, 0.2) is 0 Å². The summed E-state index contributed by atoms with van der Waals surface area (Å²) in [6, 6.07) is 21.4. The Morgan fingerprint density at radius 2 is 0.636 bits per heavy atom. The molecule has 0 saturated carbocycles. The zero-order chi connectivity index (χ0) is 25.3. The maximum atomic E-state index is 9.00. The topological polar surface area (TPSA) is 74.6 Å². The van der Waals surface area contributed by atoms with Crippen LogP contribution in [-0.4, -0.2) is 43.9 Å². The molecule has 3 aromatic carbocycles. The average molecular weight is 645 g/mol. The van der Waals surface area contributed by atoms with Crippen LogP contribution in [0.25, 0.3) is 0 Å². The van der Waals surface area contributed by atoms with Gasteiger partial charge in [0, 0.05) is 13.8 Å². The Balaban J connectivity index is 0.000000591. The molecule has 33 heavy (non-hydrogen) atoms. The van der Waals surface area contributed by atoms with E-state index >= 15 is 0 Å². The fraction of sp³-hybridized carbons (Fsp3) is 0.286. The quantitative estimate of drug-likeness (QED) is 0.419. The molecule has 0 aliphatic carbocycles. The molecule has 0 spiro atoms. The standard InChI is InChI=1S/3C8H9.2C2H4O2.Bi/c3*1-7-4-3-5-8(2)6-7;2*1-2(3)4;/h3*4-6H,1-2H3;2*1H3,(H,3,4);. The molecule has 0 fully saturated rings. The molecule has 0 unspecified atom stereocenters. The number of rotatable bonds is 3. The van der Waals surface area contributed by atoms with Crippen LogP contribution in [-0.2, 0) is 9.59 Å². The molecule has 3 rings (SSSR count). The van der Waals surface area contributed by atoms with Crippen molar-refractivity contribution in [2.45, 2.75) is 55.4 Å². The van der Waals surface area contributed by atoms with Crippen molar-refractivity contribution in [3.8, 4) is 0 Å². The molecular formula is C28H35BiO4. The Labute approximate surface area is 206 Å². The number of aliphatic carboxylic acids is 2. The van der Waals surface area contributed by atoms with Gasteiger partial charge in [0.2, 0.25) is 0 Å². The number of benzene rings is 3. The molecule has 0 atom stereocenters. The number of hydrogen-bond acceptors (Lipinski definition) is 2. The van der Waals surface area contributed by atoms with Crippen LogP contribution in [0.15, 0.2) is 54.6 Å². The van der Waals surface area contributed by atoms with Crippen LogP contribution in [0.1, 0.15) is 47.2 Å². The Morgan fingerprint density at radius 1 is 0.485 bits per heavy atom. The predicted octanol–water partition coefficient (Wildman–Crippen LogP) is 4.24. The van der Waals surface area contributed by atoms with Crippen LogP contribution in [0.5, 0.6) is 0 Å². The summed E-state index contributed by atoms with van der Waals surface area (Å²) >= 11 is -2.29. The Bertz CT molecular complexity index is 916. The van der Waals surface area contributed by atoms with Crippen molar-refractivity contribution in [2.75, 3.05) is 0 Å². The molecule has 0 aliphatic rings. The van der Waals surface area contributed by atoms with Gasteiger partial charge in [-0.05, 0) is 0 Å². The van der Waals surface area contributed by atoms with Gasteiger partial charge in [-0.3, -0.25) is 9.59 Å². The third-order valence-electron chi connectivity index (χ3n) is 4.39. The second-order valence-electron chi connectivity index (χ2n) is 8.41. The van der Waals surface area contributed by atoms with E-state index in [0.29, 0.717) is 0 Å². The molecule has 176 valence electrons. The number of hydrogen-bond donors (Lipinski definition) is 2. The number of carbonyl (C=O) groups is 2. The third-order valence-corrected chi connectivity index (χ3v) is 13.4. The van der Waals surface area contributed by atoms with Crippen LogP contribution >= 0.6 is 0 Å². The first kappa shape index (κ1) is 28.5. The van der Waals surface area contributed by atoms with Gasteiger partial charge < -0.3 is 10.2 Å². The fourth-order valence-corrected chi connectivity index (χ4v) is 14.9. The second kappa shape index (κ2) is 13.3. The van der Waals surface area contributed by atoms with Crippen molar-refractivity contribution < 1.29 is 19.8 Å². The third kappa shape index (κ3) is 10.8. The van der Waals surface area contributed by atoms with Crippen LogP contribution in [0.2, 0.25) is 0 Å². The van der Waals surface area contributed by atoms with Gasteiger partial charge in [0.1, 0.15) is 0 Å². The molecule has 2 N–H and O–H groups in total. The van der Waals surface area contributed by atoms with Crippen molar-refractivity contribution in [3.63, 3.8) is 0 Å². The van der Waals surface area contributed by atoms with E-state index in [9.17, 15) is 0 Å². The van der Waals surface area contributed by atoms with Crippen molar-refractivity contribution in [2.24, 2.45) is 0 Å². The summed E-state index contributed by atoms with van der Waals surface area (Å²) in [5, 5.41) is 14.8. The molecule has 0 aromatic heterocycles. The maximum absolute atomic E-state index is 9.00. The van der Waals surface area contributed by atoms with E-state index in [1.807, 2.05) is 0 Å². The Hall–Kier alpha value is -2.52. The first-order valence-electron chi connectivity index (χ1n) is 10.7. The normalized spacial score (nSPS) is 9.97. The summed E-state index contributed by atoms with van der Waals surface area (Å²) in [6.07, 6.45) is 0. The van der Waals surface area contributed by atoms with Gasteiger partial charge in [-0.25, -0.2) is 0 Å². The minimum atomic E-state index is -2.29. The second-order valence-corrected chi connectivity index (χ2v) is 17.0. The van der Waals surface area contributed by atoms with Crippen molar-refractivity contribution in [3.05, 3.63) is 88.0 Å². The van der Waals surface area contributed by atoms with E-state index in [-0.39, 0.29) is 0 Å². The molecule has 0 radical (unpaired) electrons. The Morgan fingerprint density at radius 3 is 0.788 bits per heavy atom. The van der Waals surface area contributed by atoms with E-state index in [1.54, 1.807) is 9.81 Å². The summed E-state index contributed by atoms with van der Waals surface area (Å²) in [5.41, 5.74) is 8.27. The molecule has 0 bridgehead atoms. The van der Waals surface area contributed by atoms with Crippen LogP contribution in [0, 0.1) is 41.5 Å². The first-order valence-corrected chi connectivity index (χ1v) is 15.9. The molecule has 5 heteroatoms. The zero-order valence-electron chi connectivity index (χ0n) is 20.9.